The van der Waals surface area contributed by atoms with Crippen molar-refractivity contribution in [3.63, 3.8) is 0 Å². The molecule has 0 unspecified atom stereocenters. The van der Waals surface area contributed by atoms with Gasteiger partial charge in [-0.1, -0.05) is 27.2 Å². The van der Waals surface area contributed by atoms with Crippen LogP contribution >= 0.6 is 0 Å². The minimum Gasteiger partial charge on any atom is -0.317 e. The van der Waals surface area contributed by atoms with Crippen LogP contribution in [0.4, 0.5) is 0 Å². The Kier molecular flexibility index (Phi) is 8.03. The Morgan fingerprint density at radius 1 is 1.18 bits per heavy atom. The van der Waals surface area contributed by atoms with Gasteiger partial charge < -0.3 is 5.32 Å². The van der Waals surface area contributed by atoms with E-state index in [1.807, 2.05) is 0 Å². The quantitative estimate of drug-likeness (QED) is 0.560. The molecule has 0 saturated carbocycles. The van der Waals surface area contributed by atoms with Gasteiger partial charge >= 0.3 is 0 Å². The smallest absolute Gasteiger partial charge is 0.00488 e. The molecule has 1 heteroatoms. The summed E-state index contributed by atoms with van der Waals surface area (Å²) in [4.78, 5) is 0. The second-order valence-electron chi connectivity index (χ2n) is 3.41. The van der Waals surface area contributed by atoms with Crippen LogP contribution in [0.15, 0.2) is 0 Å². The van der Waals surface area contributed by atoms with Crippen LogP contribution in [0.25, 0.3) is 0 Å². The summed E-state index contributed by atoms with van der Waals surface area (Å²) in [6.07, 6.45) is 5.30. The van der Waals surface area contributed by atoms with Crippen molar-refractivity contribution in [3.05, 3.63) is 0 Å². The molecule has 1 N–H and O–H groups in total. The molecule has 0 bridgehead atoms. The molecule has 11 heavy (non-hydrogen) atoms. The maximum absolute atomic E-state index is 3.41. The van der Waals surface area contributed by atoms with E-state index in [9.17, 15) is 0 Å². The number of nitrogens with one attached hydrogen (secondary N) is 1. The standard InChI is InChI=1S/C10H23N/c1-4-8-11-9-6-7-10(3)5-2/h10-11H,4-9H2,1-3H3/t10-/m1/s1. The van der Waals surface area contributed by atoms with E-state index >= 15 is 0 Å². The first-order valence-electron chi connectivity index (χ1n) is 5.02. The van der Waals surface area contributed by atoms with E-state index in [2.05, 4.69) is 26.1 Å². The zero-order chi connectivity index (χ0) is 8.53. The molecule has 1 nitrogen and oxygen atoms in total. The predicted molar refractivity (Wildman–Crippen MR) is 51.8 cm³/mol. The third kappa shape index (κ3) is 7.86. The molecule has 0 aromatic rings. The van der Waals surface area contributed by atoms with E-state index in [1.54, 1.807) is 0 Å². The lowest BCUT2D eigenvalue weighted by Crippen LogP contribution is -2.16. The van der Waals surface area contributed by atoms with Crippen LogP contribution in [0.1, 0.15) is 46.5 Å². The Labute approximate surface area is 71.6 Å². The zero-order valence-electron chi connectivity index (χ0n) is 8.32. The summed E-state index contributed by atoms with van der Waals surface area (Å²) in [5.41, 5.74) is 0. The fourth-order valence-electron chi connectivity index (χ4n) is 1.08. The van der Waals surface area contributed by atoms with Crippen LogP contribution in [0, 0.1) is 5.92 Å². The van der Waals surface area contributed by atoms with Gasteiger partial charge in [0.1, 0.15) is 0 Å². The van der Waals surface area contributed by atoms with E-state index < -0.39 is 0 Å². The molecule has 0 spiro atoms. The van der Waals surface area contributed by atoms with Crippen molar-refractivity contribution in [2.24, 2.45) is 5.92 Å². The summed E-state index contributed by atoms with van der Waals surface area (Å²) in [6, 6.07) is 0. The van der Waals surface area contributed by atoms with Crippen molar-refractivity contribution in [2.45, 2.75) is 46.5 Å². The van der Waals surface area contributed by atoms with Crippen LogP contribution in [0.3, 0.4) is 0 Å². The van der Waals surface area contributed by atoms with Gasteiger partial charge in [-0.3, -0.25) is 0 Å². The summed E-state index contributed by atoms with van der Waals surface area (Å²) in [5, 5.41) is 3.41. The van der Waals surface area contributed by atoms with Gasteiger partial charge in [-0.2, -0.15) is 0 Å². The van der Waals surface area contributed by atoms with Crippen molar-refractivity contribution in [1.29, 1.82) is 0 Å². The van der Waals surface area contributed by atoms with Gasteiger partial charge in [0.15, 0.2) is 0 Å². The summed E-state index contributed by atoms with van der Waals surface area (Å²) in [5.74, 6) is 0.915. The lowest BCUT2D eigenvalue weighted by atomic mass is 10.0. The van der Waals surface area contributed by atoms with Crippen molar-refractivity contribution in [1.82, 2.24) is 5.32 Å². The fraction of sp³-hybridized carbons (Fsp3) is 1.00. The van der Waals surface area contributed by atoms with E-state index in [-0.39, 0.29) is 0 Å². The normalized spacial score (nSPS) is 13.4. The molecule has 0 saturated heterocycles. The highest BCUT2D eigenvalue weighted by Gasteiger charge is 1.96. The second kappa shape index (κ2) is 8.06. The Hall–Kier alpha value is -0.0400. The van der Waals surface area contributed by atoms with Crippen molar-refractivity contribution < 1.29 is 0 Å². The molecule has 0 aromatic heterocycles. The van der Waals surface area contributed by atoms with Crippen LogP contribution < -0.4 is 5.32 Å². The van der Waals surface area contributed by atoms with E-state index in [1.165, 1.54) is 38.8 Å². The molecule has 0 aromatic carbocycles. The molecule has 0 aliphatic rings. The number of rotatable bonds is 7. The van der Waals surface area contributed by atoms with E-state index in [0.717, 1.165) is 5.92 Å². The Morgan fingerprint density at radius 3 is 2.45 bits per heavy atom. The second-order valence-corrected chi connectivity index (χ2v) is 3.41. The Balaban J connectivity index is 2.89. The van der Waals surface area contributed by atoms with Crippen LogP contribution in [-0.2, 0) is 0 Å². The summed E-state index contributed by atoms with van der Waals surface area (Å²) >= 11 is 0. The van der Waals surface area contributed by atoms with E-state index in [0.29, 0.717) is 0 Å². The minimum atomic E-state index is 0.915. The van der Waals surface area contributed by atoms with Gasteiger partial charge in [0, 0.05) is 0 Å². The highest BCUT2D eigenvalue weighted by atomic mass is 14.8. The zero-order valence-corrected chi connectivity index (χ0v) is 8.32. The van der Waals surface area contributed by atoms with E-state index in [4.69, 9.17) is 0 Å². The Bertz CT molecular complexity index is 71.3. The average molecular weight is 157 g/mol. The third-order valence-electron chi connectivity index (χ3n) is 2.17. The van der Waals surface area contributed by atoms with Gasteiger partial charge in [0.25, 0.3) is 0 Å². The van der Waals surface area contributed by atoms with Crippen molar-refractivity contribution in [3.8, 4) is 0 Å². The van der Waals surface area contributed by atoms with Gasteiger partial charge in [-0.05, 0) is 38.3 Å². The molecule has 68 valence electrons. The maximum atomic E-state index is 3.41. The minimum absolute atomic E-state index is 0.915. The van der Waals surface area contributed by atoms with Crippen molar-refractivity contribution >= 4 is 0 Å². The monoisotopic (exact) mass is 157 g/mol. The topological polar surface area (TPSA) is 12.0 Å². The molecule has 0 radical (unpaired) electrons. The van der Waals surface area contributed by atoms with Crippen LogP contribution in [-0.4, -0.2) is 13.1 Å². The lowest BCUT2D eigenvalue weighted by molar-refractivity contribution is 0.481. The molecule has 0 amide bonds. The largest absolute Gasteiger partial charge is 0.317 e. The van der Waals surface area contributed by atoms with Gasteiger partial charge in [-0.25, -0.2) is 0 Å². The van der Waals surface area contributed by atoms with Crippen LogP contribution in [0.2, 0.25) is 0 Å². The first-order chi connectivity index (χ1) is 5.31. The lowest BCUT2D eigenvalue weighted by Gasteiger charge is -2.07. The predicted octanol–water partition coefficient (Wildman–Crippen LogP) is 2.81. The van der Waals surface area contributed by atoms with Gasteiger partial charge in [-0.15, -0.1) is 0 Å². The van der Waals surface area contributed by atoms with Gasteiger partial charge in [0.05, 0.1) is 0 Å². The highest BCUT2D eigenvalue weighted by molar-refractivity contribution is 4.52. The highest BCUT2D eigenvalue weighted by Crippen LogP contribution is 2.07. The fourth-order valence-corrected chi connectivity index (χ4v) is 1.08. The summed E-state index contributed by atoms with van der Waals surface area (Å²) in [6.45, 7) is 9.20. The first-order valence-corrected chi connectivity index (χ1v) is 5.02. The third-order valence-corrected chi connectivity index (χ3v) is 2.17. The molecule has 1 atom stereocenters. The molecular weight excluding hydrogens is 134 g/mol. The Morgan fingerprint density at radius 2 is 1.91 bits per heavy atom. The first kappa shape index (κ1) is 11.0. The van der Waals surface area contributed by atoms with Gasteiger partial charge in [0.2, 0.25) is 0 Å². The molecular formula is C10H23N. The number of hydrogen-bond acceptors (Lipinski definition) is 1. The molecule has 0 rings (SSSR count). The van der Waals surface area contributed by atoms with Crippen LogP contribution in [0.5, 0.6) is 0 Å². The summed E-state index contributed by atoms with van der Waals surface area (Å²) in [7, 11) is 0. The summed E-state index contributed by atoms with van der Waals surface area (Å²) < 4.78 is 0. The maximum Gasteiger partial charge on any atom is -0.00488 e. The number of hydrogen-bond donors (Lipinski definition) is 1. The molecule has 0 aliphatic heterocycles. The molecule has 0 fully saturated rings. The average Bonchev–Trinajstić information content (AvgIpc) is 2.04. The molecule has 0 aliphatic carbocycles. The molecule has 0 heterocycles. The SMILES string of the molecule is CCCNCCC[C@H](C)CC. The van der Waals surface area contributed by atoms with Crippen molar-refractivity contribution in [2.75, 3.05) is 13.1 Å².